The average molecular weight is 497 g/mol. The van der Waals surface area contributed by atoms with E-state index in [1.807, 2.05) is 0 Å². The first-order chi connectivity index (χ1) is 17.0. The van der Waals surface area contributed by atoms with Gasteiger partial charge in [-0.1, -0.05) is 28.4 Å². The van der Waals surface area contributed by atoms with Gasteiger partial charge < -0.3 is 15.4 Å². The van der Waals surface area contributed by atoms with Crippen LogP contribution in [0.3, 0.4) is 0 Å². The summed E-state index contributed by atoms with van der Waals surface area (Å²) < 4.78 is 29.0. The number of hydrogen-bond donors (Lipinski definition) is 2. The minimum atomic E-state index is -2.47. The van der Waals surface area contributed by atoms with Crippen molar-refractivity contribution in [3.05, 3.63) is 52.5 Å². The maximum Gasteiger partial charge on any atom is 0.328 e. The molecule has 0 saturated carbocycles. The van der Waals surface area contributed by atoms with Crippen molar-refractivity contribution in [1.82, 2.24) is 30.1 Å². The first kappa shape index (κ1) is 20.2. The monoisotopic (exact) mass is 496 g/mol. The van der Waals surface area contributed by atoms with Crippen LogP contribution < -0.4 is 10.6 Å². The van der Waals surface area contributed by atoms with E-state index in [9.17, 15) is 14.4 Å². The smallest absolute Gasteiger partial charge is 0.328 e. The molecule has 2 amide bonds. The first-order valence-corrected chi connectivity index (χ1v) is 10.3. The Balaban J connectivity index is 1.60. The van der Waals surface area contributed by atoms with Gasteiger partial charge in [-0.2, -0.15) is 5.10 Å². The summed E-state index contributed by atoms with van der Waals surface area (Å²) in [6, 6.07) is 5.03. The van der Waals surface area contributed by atoms with Crippen LogP contribution in [0.2, 0.25) is 10.2 Å². The number of aromatic nitrogens is 5. The lowest BCUT2D eigenvalue weighted by Gasteiger charge is -2.15. The van der Waals surface area contributed by atoms with E-state index >= 15 is 0 Å². The molecule has 0 spiro atoms. The molecule has 3 aromatic rings. The Morgan fingerprint density at radius 1 is 1.21 bits per heavy atom. The van der Waals surface area contributed by atoms with Crippen LogP contribution in [0.25, 0.3) is 5.69 Å². The number of nitrogens with one attached hydrogen (secondary N) is 2. The third kappa shape index (κ3) is 6.77. The minimum absolute atomic E-state index is 0.0972. The third-order valence-corrected chi connectivity index (χ3v) is 4.81. The highest BCUT2D eigenvalue weighted by Gasteiger charge is 2.23. The number of carbonyl (C=O) groups is 3. The van der Waals surface area contributed by atoms with E-state index in [0.717, 1.165) is 11.8 Å². The lowest BCUT2D eigenvalue weighted by Crippen LogP contribution is -2.43. The molecule has 0 saturated heterocycles. The van der Waals surface area contributed by atoms with Crippen LogP contribution in [0.4, 0.5) is 5.69 Å². The number of methoxy groups -OCH3 is 1. The fourth-order valence-corrected chi connectivity index (χ4v) is 3.19. The Morgan fingerprint density at radius 2 is 2.00 bits per heavy atom. The Bertz CT molecular complexity index is 1260. The predicted octanol–water partition coefficient (Wildman–Crippen LogP) is 1.93. The van der Waals surface area contributed by atoms with Gasteiger partial charge in [-0.05, 0) is 24.3 Å². The Labute approximate surface area is 203 Å². The first-order valence-electron chi connectivity index (χ1n) is 11.1. The van der Waals surface area contributed by atoms with Gasteiger partial charge in [-0.25, -0.2) is 9.48 Å². The number of hydrogen-bond acceptors (Lipinski definition) is 7. The van der Waals surface area contributed by atoms with Crippen molar-refractivity contribution in [3.8, 4) is 5.69 Å². The molecule has 2 heterocycles. The minimum Gasteiger partial charge on any atom is -0.467 e. The van der Waals surface area contributed by atoms with Crippen LogP contribution in [0.15, 0.2) is 36.7 Å². The molecule has 3 rings (SSSR count). The SMILES string of the molecule is [2H]C([2H])([2H])n1ccc(CC(NC(=O)CCC(=O)Nc2cc(Cl)ccc2-n2cc(Cl)nn2)C(=O)OC)n1. The van der Waals surface area contributed by atoms with Gasteiger partial charge in [0.1, 0.15) is 6.04 Å². The van der Waals surface area contributed by atoms with Crippen LogP contribution in [-0.4, -0.2) is 55.7 Å². The molecule has 1 atom stereocenters. The zero-order valence-electron chi connectivity index (χ0n) is 20.3. The Kier molecular flexibility index (Phi) is 6.68. The van der Waals surface area contributed by atoms with E-state index < -0.39 is 30.8 Å². The van der Waals surface area contributed by atoms with Gasteiger partial charge in [-0.3, -0.25) is 14.3 Å². The topological polar surface area (TPSA) is 133 Å². The molecule has 174 valence electrons. The number of aryl methyl sites for hydroxylation is 1. The number of ether oxygens (including phenoxy) is 1. The molecule has 13 heteroatoms. The summed E-state index contributed by atoms with van der Waals surface area (Å²) in [5, 5.41) is 17.1. The van der Waals surface area contributed by atoms with Gasteiger partial charge in [0.15, 0.2) is 5.15 Å². The fraction of sp³-hybridized carbons (Fsp3) is 0.300. The van der Waals surface area contributed by atoms with Crippen LogP contribution >= 0.6 is 23.2 Å². The fourth-order valence-electron chi connectivity index (χ4n) is 2.89. The van der Waals surface area contributed by atoms with Crippen molar-refractivity contribution in [2.45, 2.75) is 25.3 Å². The summed E-state index contributed by atoms with van der Waals surface area (Å²) in [4.78, 5) is 37.1. The predicted molar refractivity (Wildman–Crippen MR) is 120 cm³/mol. The largest absolute Gasteiger partial charge is 0.467 e. The van der Waals surface area contributed by atoms with Gasteiger partial charge in [0.25, 0.3) is 0 Å². The van der Waals surface area contributed by atoms with E-state index in [0.29, 0.717) is 16.4 Å². The summed E-state index contributed by atoms with van der Waals surface area (Å²) in [5.41, 5.74) is 1.05. The van der Waals surface area contributed by atoms with E-state index in [1.54, 1.807) is 12.1 Å². The molecule has 1 aromatic carbocycles. The quantitative estimate of drug-likeness (QED) is 0.432. The number of esters is 1. The number of halogens is 2. The van der Waals surface area contributed by atoms with Gasteiger partial charge in [0.05, 0.1) is 30.4 Å². The second-order valence-electron chi connectivity index (χ2n) is 6.79. The van der Waals surface area contributed by atoms with E-state index in [1.165, 1.54) is 29.2 Å². The molecule has 0 aliphatic rings. The maximum absolute atomic E-state index is 12.5. The molecule has 33 heavy (non-hydrogen) atoms. The van der Waals surface area contributed by atoms with Crippen LogP contribution in [0.5, 0.6) is 0 Å². The van der Waals surface area contributed by atoms with Crippen molar-refractivity contribution >= 4 is 46.7 Å². The summed E-state index contributed by atoms with van der Waals surface area (Å²) in [6.45, 7) is -2.47. The molecule has 0 aliphatic heterocycles. The van der Waals surface area contributed by atoms with Crippen LogP contribution in [0.1, 0.15) is 22.6 Å². The van der Waals surface area contributed by atoms with E-state index in [4.69, 9.17) is 32.1 Å². The zero-order valence-corrected chi connectivity index (χ0v) is 18.8. The normalized spacial score (nSPS) is 13.4. The van der Waals surface area contributed by atoms with Crippen molar-refractivity contribution in [3.63, 3.8) is 0 Å². The van der Waals surface area contributed by atoms with Gasteiger partial charge >= 0.3 is 5.97 Å². The summed E-state index contributed by atoms with van der Waals surface area (Å²) in [5.74, 6) is -1.83. The average Bonchev–Trinajstić information content (AvgIpc) is 3.46. The summed E-state index contributed by atoms with van der Waals surface area (Å²) in [7, 11) is 1.15. The molecular weight excluding hydrogens is 473 g/mol. The summed E-state index contributed by atoms with van der Waals surface area (Å²) in [6.07, 6.45) is 2.15. The zero-order chi connectivity index (χ0) is 26.5. The van der Waals surface area contributed by atoms with Gasteiger partial charge in [0.2, 0.25) is 11.8 Å². The van der Waals surface area contributed by atoms with Crippen molar-refractivity contribution in [2.75, 3.05) is 12.4 Å². The van der Waals surface area contributed by atoms with Crippen molar-refractivity contribution in [2.24, 2.45) is 6.98 Å². The standard InChI is InChI=1S/C20H21Cl2N7O4/c1-28-8-7-13(26-28)10-15(20(32)33-2)24-19(31)6-5-18(30)23-14-9-12(21)3-4-16(14)29-11-17(22)25-27-29/h3-4,7-9,11,15H,5-6,10H2,1-2H3,(H,23,30)(H,24,31)/i1D3. The molecule has 0 fully saturated rings. The number of rotatable bonds is 9. The molecule has 2 N–H and O–H groups in total. The second kappa shape index (κ2) is 10.9. The number of benzene rings is 1. The molecular formula is C20H21Cl2N7O4. The van der Waals surface area contributed by atoms with Crippen LogP contribution in [0, 0.1) is 0 Å². The van der Waals surface area contributed by atoms with Crippen molar-refractivity contribution in [1.29, 1.82) is 0 Å². The molecule has 0 radical (unpaired) electrons. The molecule has 1 unspecified atom stereocenters. The van der Waals surface area contributed by atoms with E-state index in [-0.39, 0.29) is 30.1 Å². The highest BCUT2D eigenvalue weighted by molar-refractivity contribution is 6.31. The highest BCUT2D eigenvalue weighted by atomic mass is 35.5. The Morgan fingerprint density at radius 3 is 2.67 bits per heavy atom. The van der Waals surface area contributed by atoms with Gasteiger partial charge in [-0.15, -0.1) is 5.10 Å². The number of nitrogens with zero attached hydrogens (tertiary/aromatic N) is 5. The Hall–Kier alpha value is -3.44. The number of anilines is 1. The third-order valence-electron chi connectivity index (χ3n) is 4.40. The molecule has 0 aliphatic carbocycles. The molecule has 2 aromatic heterocycles. The van der Waals surface area contributed by atoms with Gasteiger partial charge in [0, 0.05) is 41.6 Å². The van der Waals surface area contributed by atoms with E-state index in [2.05, 4.69) is 26.0 Å². The highest BCUT2D eigenvalue weighted by Crippen LogP contribution is 2.25. The molecule has 11 nitrogen and oxygen atoms in total. The van der Waals surface area contributed by atoms with Crippen molar-refractivity contribution < 1.29 is 23.2 Å². The maximum atomic E-state index is 12.5. The molecule has 0 bridgehead atoms. The van der Waals surface area contributed by atoms with Crippen LogP contribution in [-0.2, 0) is 32.5 Å². The number of carbonyl (C=O) groups excluding carboxylic acids is 3. The number of amides is 2. The lowest BCUT2D eigenvalue weighted by atomic mass is 10.1. The second-order valence-corrected chi connectivity index (χ2v) is 7.62. The lowest BCUT2D eigenvalue weighted by molar-refractivity contribution is -0.145. The summed E-state index contributed by atoms with van der Waals surface area (Å²) >= 11 is 11.9.